The molecular weight excluding hydrogens is 377 g/mol. The van der Waals surface area contributed by atoms with Crippen LogP contribution in [0.2, 0.25) is 5.02 Å². The molecule has 0 saturated heterocycles. The summed E-state index contributed by atoms with van der Waals surface area (Å²) in [5.41, 5.74) is 0.456. The monoisotopic (exact) mass is 392 g/mol. The highest BCUT2D eigenvalue weighted by molar-refractivity contribution is 6.30. The van der Waals surface area contributed by atoms with Crippen molar-refractivity contribution < 1.29 is 17.9 Å². The lowest BCUT2D eigenvalue weighted by Gasteiger charge is -2.25. The number of rotatable bonds is 5. The number of benzene rings is 2. The first-order valence-corrected chi connectivity index (χ1v) is 8.50. The molecule has 0 atom stereocenters. The van der Waals surface area contributed by atoms with Gasteiger partial charge in [-0.15, -0.1) is 0 Å². The molecule has 2 aromatic carbocycles. The van der Waals surface area contributed by atoms with Gasteiger partial charge in [-0.3, -0.25) is 0 Å². The van der Waals surface area contributed by atoms with E-state index in [0.29, 0.717) is 10.7 Å². The van der Waals surface area contributed by atoms with Crippen molar-refractivity contribution in [1.82, 2.24) is 9.97 Å². The van der Waals surface area contributed by atoms with E-state index in [1.807, 2.05) is 26.0 Å². The largest absolute Gasteiger partial charge is 0.424 e. The van der Waals surface area contributed by atoms with Crippen LogP contribution in [0.5, 0.6) is 11.8 Å². The van der Waals surface area contributed by atoms with Gasteiger partial charge in [0, 0.05) is 16.6 Å². The molecule has 27 heavy (non-hydrogen) atoms. The second kappa shape index (κ2) is 7.56. The van der Waals surface area contributed by atoms with E-state index < -0.39 is 23.2 Å². The van der Waals surface area contributed by atoms with Crippen molar-refractivity contribution in [2.75, 3.05) is 0 Å². The fraction of sp³-hybridized carbons (Fsp3) is 0.200. The molecule has 0 aliphatic carbocycles. The van der Waals surface area contributed by atoms with Crippen LogP contribution in [0.15, 0.2) is 54.7 Å². The maximum absolute atomic E-state index is 13.4. The van der Waals surface area contributed by atoms with Gasteiger partial charge in [-0.1, -0.05) is 37.6 Å². The SMILES string of the molecule is CC(C)(c1ccc(Cl)cc1)c1ccnc(Oc2ccc(F)c(C(F)F)c2)n1. The molecule has 1 aromatic heterocycles. The Hall–Kier alpha value is -2.60. The molecule has 3 nitrogen and oxygen atoms in total. The van der Waals surface area contributed by atoms with Crippen molar-refractivity contribution in [3.8, 4) is 11.8 Å². The number of nitrogens with zero attached hydrogens (tertiary/aromatic N) is 2. The van der Waals surface area contributed by atoms with E-state index in [4.69, 9.17) is 16.3 Å². The quantitative estimate of drug-likeness (QED) is 0.509. The fourth-order valence-corrected chi connectivity index (χ4v) is 2.74. The van der Waals surface area contributed by atoms with E-state index in [9.17, 15) is 13.2 Å². The third-order valence-corrected chi connectivity index (χ3v) is 4.50. The molecule has 0 amide bonds. The van der Waals surface area contributed by atoms with Crippen LogP contribution in [0.3, 0.4) is 0 Å². The van der Waals surface area contributed by atoms with Crippen LogP contribution in [0.25, 0.3) is 0 Å². The Morgan fingerprint density at radius 2 is 1.74 bits per heavy atom. The van der Waals surface area contributed by atoms with Crippen molar-refractivity contribution in [1.29, 1.82) is 0 Å². The molecule has 0 fully saturated rings. The number of halogens is 4. The molecular formula is C20H16ClF3N2O. The average molecular weight is 393 g/mol. The first kappa shape index (κ1) is 19.2. The second-order valence-electron chi connectivity index (χ2n) is 6.44. The average Bonchev–Trinajstić information content (AvgIpc) is 2.64. The molecule has 0 spiro atoms. The summed E-state index contributed by atoms with van der Waals surface area (Å²) in [6, 6.07) is 12.3. The molecule has 3 rings (SSSR count). The van der Waals surface area contributed by atoms with Crippen LogP contribution in [0, 0.1) is 5.82 Å². The molecule has 0 radical (unpaired) electrons. The molecule has 0 aliphatic rings. The van der Waals surface area contributed by atoms with Crippen LogP contribution in [0.4, 0.5) is 13.2 Å². The topological polar surface area (TPSA) is 35.0 Å². The zero-order valence-corrected chi connectivity index (χ0v) is 15.3. The minimum absolute atomic E-state index is 0.0126. The Morgan fingerprint density at radius 3 is 2.41 bits per heavy atom. The Bertz CT molecular complexity index is 946. The summed E-state index contributed by atoms with van der Waals surface area (Å²) in [5.74, 6) is -0.955. The summed E-state index contributed by atoms with van der Waals surface area (Å²) >= 11 is 5.94. The lowest BCUT2D eigenvalue weighted by molar-refractivity contribution is 0.146. The molecule has 0 N–H and O–H groups in total. The van der Waals surface area contributed by atoms with Gasteiger partial charge in [0.2, 0.25) is 0 Å². The van der Waals surface area contributed by atoms with Gasteiger partial charge in [0.15, 0.2) is 0 Å². The van der Waals surface area contributed by atoms with Crippen LogP contribution in [-0.4, -0.2) is 9.97 Å². The number of hydrogen-bond donors (Lipinski definition) is 0. The second-order valence-corrected chi connectivity index (χ2v) is 6.88. The van der Waals surface area contributed by atoms with Crippen LogP contribution >= 0.6 is 11.6 Å². The Labute approximate surface area is 159 Å². The predicted molar refractivity (Wildman–Crippen MR) is 97.0 cm³/mol. The van der Waals surface area contributed by atoms with E-state index >= 15 is 0 Å². The Balaban J connectivity index is 1.90. The van der Waals surface area contributed by atoms with Gasteiger partial charge in [0.05, 0.1) is 11.3 Å². The summed E-state index contributed by atoms with van der Waals surface area (Å²) in [6.45, 7) is 3.96. The third-order valence-electron chi connectivity index (χ3n) is 4.25. The number of alkyl halides is 2. The van der Waals surface area contributed by atoms with Crippen LogP contribution in [0.1, 0.15) is 37.1 Å². The molecule has 0 bridgehead atoms. The lowest BCUT2D eigenvalue weighted by atomic mass is 9.81. The maximum Gasteiger partial charge on any atom is 0.322 e. The van der Waals surface area contributed by atoms with Crippen molar-refractivity contribution >= 4 is 11.6 Å². The molecule has 3 aromatic rings. The van der Waals surface area contributed by atoms with Gasteiger partial charge in [-0.05, 0) is 42.0 Å². The van der Waals surface area contributed by atoms with Gasteiger partial charge < -0.3 is 4.74 Å². The minimum atomic E-state index is -2.94. The highest BCUT2D eigenvalue weighted by atomic mass is 35.5. The zero-order chi connectivity index (χ0) is 19.6. The van der Waals surface area contributed by atoms with Crippen molar-refractivity contribution in [2.45, 2.75) is 25.7 Å². The van der Waals surface area contributed by atoms with E-state index in [1.54, 1.807) is 18.2 Å². The highest BCUT2D eigenvalue weighted by Gasteiger charge is 2.25. The standard InChI is InChI=1S/C20H16ClF3N2O/c1-20(2,12-3-5-13(21)6-4-12)17-9-10-25-19(26-17)27-14-7-8-16(22)15(11-14)18(23)24/h3-11,18H,1-2H3. The van der Waals surface area contributed by atoms with E-state index in [1.165, 1.54) is 12.3 Å². The third kappa shape index (κ3) is 4.22. The molecule has 0 unspecified atom stereocenters. The van der Waals surface area contributed by atoms with Gasteiger partial charge in [0.25, 0.3) is 6.43 Å². The fourth-order valence-electron chi connectivity index (χ4n) is 2.61. The summed E-state index contributed by atoms with van der Waals surface area (Å²) in [5, 5.41) is 0.632. The number of aromatic nitrogens is 2. The predicted octanol–water partition coefficient (Wildman–Crippen LogP) is 6.32. The van der Waals surface area contributed by atoms with Crippen LogP contribution < -0.4 is 4.74 Å². The number of ether oxygens (including phenoxy) is 1. The highest BCUT2D eigenvalue weighted by Crippen LogP contribution is 2.32. The van der Waals surface area contributed by atoms with Gasteiger partial charge >= 0.3 is 6.01 Å². The zero-order valence-electron chi connectivity index (χ0n) is 14.6. The van der Waals surface area contributed by atoms with Crippen molar-refractivity contribution in [2.24, 2.45) is 0 Å². The van der Waals surface area contributed by atoms with Gasteiger partial charge in [-0.2, -0.15) is 4.98 Å². The van der Waals surface area contributed by atoms with Gasteiger partial charge in [0.1, 0.15) is 11.6 Å². The van der Waals surface area contributed by atoms with E-state index in [-0.39, 0.29) is 11.8 Å². The molecule has 1 heterocycles. The molecule has 140 valence electrons. The van der Waals surface area contributed by atoms with Crippen molar-refractivity contribution in [3.63, 3.8) is 0 Å². The van der Waals surface area contributed by atoms with Crippen molar-refractivity contribution in [3.05, 3.63) is 82.4 Å². The number of hydrogen-bond acceptors (Lipinski definition) is 3. The minimum Gasteiger partial charge on any atom is -0.424 e. The van der Waals surface area contributed by atoms with E-state index in [2.05, 4.69) is 9.97 Å². The molecule has 7 heteroatoms. The molecule has 0 saturated carbocycles. The summed E-state index contributed by atoms with van der Waals surface area (Å²) in [7, 11) is 0. The van der Waals surface area contributed by atoms with Crippen LogP contribution in [-0.2, 0) is 5.41 Å². The smallest absolute Gasteiger partial charge is 0.322 e. The van der Waals surface area contributed by atoms with E-state index in [0.717, 1.165) is 17.7 Å². The maximum atomic E-state index is 13.4. The first-order chi connectivity index (χ1) is 12.8. The molecule has 0 aliphatic heterocycles. The van der Waals surface area contributed by atoms with Gasteiger partial charge in [-0.25, -0.2) is 18.2 Å². The first-order valence-electron chi connectivity index (χ1n) is 8.12. The lowest BCUT2D eigenvalue weighted by Crippen LogP contribution is -2.20. The Kier molecular flexibility index (Phi) is 5.37. The summed E-state index contributed by atoms with van der Waals surface area (Å²) in [6.07, 6.45) is -1.42. The summed E-state index contributed by atoms with van der Waals surface area (Å²) in [4.78, 5) is 8.41. The summed E-state index contributed by atoms with van der Waals surface area (Å²) < 4.78 is 44.6. The Morgan fingerprint density at radius 1 is 1.04 bits per heavy atom. The normalized spacial score (nSPS) is 11.7.